The van der Waals surface area contributed by atoms with E-state index in [1.807, 2.05) is 18.2 Å². The summed E-state index contributed by atoms with van der Waals surface area (Å²) >= 11 is 1.71. The maximum Gasteiger partial charge on any atom is 0.188 e. The molecule has 0 spiro atoms. The number of nitrogens with zero attached hydrogens (tertiary/aromatic N) is 2. The lowest BCUT2D eigenvalue weighted by Gasteiger charge is -1.99. The van der Waals surface area contributed by atoms with E-state index in [4.69, 9.17) is 4.98 Å². The minimum Gasteiger partial charge on any atom is -0.344 e. The number of fused-ring (bicyclic) bond motifs is 5. The van der Waals surface area contributed by atoms with E-state index in [0.29, 0.717) is 0 Å². The molecule has 0 amide bonds. The zero-order valence-electron chi connectivity index (χ0n) is 13.2. The summed E-state index contributed by atoms with van der Waals surface area (Å²) in [5.74, 6) is 0. The van der Waals surface area contributed by atoms with Crippen molar-refractivity contribution in [2.75, 3.05) is 5.32 Å². The summed E-state index contributed by atoms with van der Waals surface area (Å²) in [6.45, 7) is 0. The van der Waals surface area contributed by atoms with Gasteiger partial charge in [0.25, 0.3) is 0 Å². The smallest absolute Gasteiger partial charge is 0.188 e. The van der Waals surface area contributed by atoms with Crippen molar-refractivity contribution < 1.29 is 0 Å². The summed E-state index contributed by atoms with van der Waals surface area (Å²) in [7, 11) is 2.13. The quantitative estimate of drug-likeness (QED) is 0.451. The van der Waals surface area contributed by atoms with Gasteiger partial charge in [0, 0.05) is 29.0 Å². The molecule has 5 rings (SSSR count). The van der Waals surface area contributed by atoms with Crippen LogP contribution in [0.1, 0.15) is 0 Å². The number of anilines is 2. The van der Waals surface area contributed by atoms with E-state index in [2.05, 4.69) is 65.5 Å². The number of benzene rings is 3. The van der Waals surface area contributed by atoms with E-state index in [1.165, 1.54) is 26.5 Å². The van der Waals surface area contributed by atoms with Crippen LogP contribution in [0.2, 0.25) is 0 Å². The van der Waals surface area contributed by atoms with Gasteiger partial charge in [0.05, 0.1) is 15.7 Å². The fraction of sp³-hybridized carbons (Fsp3) is 0.0500. The van der Waals surface area contributed by atoms with E-state index >= 15 is 0 Å². The maximum absolute atomic E-state index is 4.77. The zero-order valence-corrected chi connectivity index (χ0v) is 14.0. The SMILES string of the molecule is Cn1c2ccccc2c2c3sc(Nc4ccccc4)nc3ccc21. The Bertz CT molecular complexity index is 1190. The predicted molar refractivity (Wildman–Crippen MR) is 103 cm³/mol. The van der Waals surface area contributed by atoms with Crippen LogP contribution in [0.3, 0.4) is 0 Å². The monoisotopic (exact) mass is 329 g/mol. The van der Waals surface area contributed by atoms with E-state index in [1.54, 1.807) is 11.3 Å². The Hall–Kier alpha value is -2.85. The Labute approximate surface area is 143 Å². The lowest BCUT2D eigenvalue weighted by atomic mass is 10.1. The Morgan fingerprint density at radius 3 is 2.54 bits per heavy atom. The molecule has 0 unspecified atom stereocenters. The molecule has 0 aliphatic heterocycles. The first-order chi connectivity index (χ1) is 11.8. The minimum absolute atomic E-state index is 0.927. The third-order valence-electron chi connectivity index (χ3n) is 4.46. The number of hydrogen-bond donors (Lipinski definition) is 1. The average Bonchev–Trinajstić information content (AvgIpc) is 3.15. The summed E-state index contributed by atoms with van der Waals surface area (Å²) in [6.07, 6.45) is 0. The number of para-hydroxylation sites is 2. The van der Waals surface area contributed by atoms with E-state index < -0.39 is 0 Å². The Morgan fingerprint density at radius 1 is 0.875 bits per heavy atom. The molecule has 116 valence electrons. The van der Waals surface area contributed by atoms with Crippen molar-refractivity contribution in [3.8, 4) is 0 Å². The van der Waals surface area contributed by atoms with Crippen LogP contribution in [-0.2, 0) is 7.05 Å². The molecule has 1 N–H and O–H groups in total. The van der Waals surface area contributed by atoms with Gasteiger partial charge >= 0.3 is 0 Å². The fourth-order valence-electron chi connectivity index (χ4n) is 3.33. The van der Waals surface area contributed by atoms with Crippen molar-refractivity contribution in [2.45, 2.75) is 0 Å². The topological polar surface area (TPSA) is 29.9 Å². The molecule has 3 aromatic carbocycles. The third kappa shape index (κ3) is 1.93. The molecule has 0 saturated heterocycles. The van der Waals surface area contributed by atoms with Crippen molar-refractivity contribution in [1.29, 1.82) is 0 Å². The van der Waals surface area contributed by atoms with Crippen molar-refractivity contribution in [3.63, 3.8) is 0 Å². The van der Waals surface area contributed by atoms with Gasteiger partial charge in [-0.25, -0.2) is 4.98 Å². The highest BCUT2D eigenvalue weighted by atomic mass is 32.1. The summed E-state index contributed by atoms with van der Waals surface area (Å²) in [5.41, 5.74) is 4.61. The maximum atomic E-state index is 4.77. The number of hydrogen-bond acceptors (Lipinski definition) is 3. The molecule has 5 aromatic rings. The van der Waals surface area contributed by atoms with Crippen LogP contribution in [-0.4, -0.2) is 9.55 Å². The first kappa shape index (κ1) is 13.6. The molecule has 24 heavy (non-hydrogen) atoms. The molecular formula is C20H15N3S. The second kappa shape index (κ2) is 5.08. The van der Waals surface area contributed by atoms with Crippen molar-refractivity contribution >= 4 is 54.2 Å². The predicted octanol–water partition coefficient (Wildman–Crippen LogP) is 5.68. The molecular weight excluding hydrogens is 314 g/mol. The molecule has 4 heteroatoms. The first-order valence-electron chi connectivity index (χ1n) is 7.90. The van der Waals surface area contributed by atoms with Crippen LogP contribution >= 0.6 is 11.3 Å². The van der Waals surface area contributed by atoms with E-state index in [-0.39, 0.29) is 0 Å². The highest BCUT2D eigenvalue weighted by Gasteiger charge is 2.14. The number of rotatable bonds is 2. The summed E-state index contributed by atoms with van der Waals surface area (Å²) in [4.78, 5) is 4.77. The third-order valence-corrected chi connectivity index (χ3v) is 5.46. The normalized spacial score (nSPS) is 11.5. The molecule has 0 atom stereocenters. The summed E-state index contributed by atoms with van der Waals surface area (Å²) in [5, 5.41) is 6.92. The zero-order chi connectivity index (χ0) is 16.1. The van der Waals surface area contributed by atoms with Gasteiger partial charge in [0.15, 0.2) is 5.13 Å². The van der Waals surface area contributed by atoms with Gasteiger partial charge in [0.2, 0.25) is 0 Å². The standard InChI is InChI=1S/C20H15N3S/c1-23-16-10-6-5-9-14(16)18-17(23)12-11-15-19(18)24-20(22-15)21-13-7-3-2-4-8-13/h2-12H,1H3,(H,21,22). The number of nitrogens with one attached hydrogen (secondary N) is 1. The average molecular weight is 329 g/mol. The molecule has 2 heterocycles. The Morgan fingerprint density at radius 2 is 1.67 bits per heavy atom. The van der Waals surface area contributed by atoms with Crippen molar-refractivity contribution in [2.24, 2.45) is 7.05 Å². The molecule has 0 aliphatic rings. The van der Waals surface area contributed by atoms with E-state index in [0.717, 1.165) is 16.3 Å². The van der Waals surface area contributed by atoms with Crippen LogP contribution in [0.25, 0.3) is 32.0 Å². The molecule has 0 fully saturated rings. The Balaban J connectivity index is 1.77. The molecule has 0 aliphatic carbocycles. The second-order valence-corrected chi connectivity index (χ2v) is 6.89. The van der Waals surface area contributed by atoms with Gasteiger partial charge in [0.1, 0.15) is 0 Å². The Kier molecular flexibility index (Phi) is 2.87. The lowest BCUT2D eigenvalue weighted by Crippen LogP contribution is -1.87. The second-order valence-electron chi connectivity index (χ2n) is 5.89. The highest BCUT2D eigenvalue weighted by molar-refractivity contribution is 7.23. The minimum atomic E-state index is 0.927. The van der Waals surface area contributed by atoms with Gasteiger partial charge in [-0.3, -0.25) is 0 Å². The van der Waals surface area contributed by atoms with Crippen molar-refractivity contribution in [1.82, 2.24) is 9.55 Å². The van der Waals surface area contributed by atoms with E-state index in [9.17, 15) is 0 Å². The largest absolute Gasteiger partial charge is 0.344 e. The fourth-order valence-corrected chi connectivity index (χ4v) is 4.37. The van der Waals surface area contributed by atoms with Gasteiger partial charge in [-0.15, -0.1) is 0 Å². The summed E-state index contributed by atoms with van der Waals surface area (Å²) < 4.78 is 3.50. The molecule has 2 aromatic heterocycles. The first-order valence-corrected chi connectivity index (χ1v) is 8.72. The van der Waals surface area contributed by atoms with Crippen LogP contribution < -0.4 is 5.32 Å². The van der Waals surface area contributed by atoms with Crippen molar-refractivity contribution in [3.05, 3.63) is 66.7 Å². The number of aryl methyl sites for hydroxylation is 1. The number of thiazole rings is 1. The molecule has 0 radical (unpaired) electrons. The van der Waals surface area contributed by atoms with Gasteiger partial charge < -0.3 is 9.88 Å². The van der Waals surface area contributed by atoms with Gasteiger partial charge in [-0.1, -0.05) is 47.7 Å². The van der Waals surface area contributed by atoms with Crippen LogP contribution in [0.4, 0.5) is 10.8 Å². The van der Waals surface area contributed by atoms with Gasteiger partial charge in [-0.2, -0.15) is 0 Å². The lowest BCUT2D eigenvalue weighted by molar-refractivity contribution is 1.01. The van der Waals surface area contributed by atoms with Crippen LogP contribution in [0, 0.1) is 0 Å². The molecule has 3 nitrogen and oxygen atoms in total. The summed E-state index contributed by atoms with van der Waals surface area (Å²) in [6, 6.07) is 23.0. The van der Waals surface area contributed by atoms with Gasteiger partial charge in [-0.05, 0) is 30.3 Å². The number of aromatic nitrogens is 2. The molecule has 0 bridgehead atoms. The highest BCUT2D eigenvalue weighted by Crippen LogP contribution is 2.38. The van der Waals surface area contributed by atoms with Crippen LogP contribution in [0.15, 0.2) is 66.7 Å². The van der Waals surface area contributed by atoms with Crippen LogP contribution in [0.5, 0.6) is 0 Å². The molecule has 0 saturated carbocycles.